The van der Waals surface area contributed by atoms with Crippen LogP contribution in [0.1, 0.15) is 31.8 Å². The van der Waals surface area contributed by atoms with Crippen molar-refractivity contribution in [2.75, 3.05) is 24.7 Å². The average molecular weight is 418 g/mol. The maximum Gasteiger partial charge on any atom is 0.258 e. The lowest BCUT2D eigenvalue weighted by Crippen LogP contribution is -2.23. The van der Waals surface area contributed by atoms with Gasteiger partial charge in [0.15, 0.2) is 0 Å². The van der Waals surface area contributed by atoms with Gasteiger partial charge in [0.1, 0.15) is 11.7 Å². The first-order valence-electron chi connectivity index (χ1n) is 9.60. The molecular weight excluding hydrogens is 395 g/mol. The van der Waals surface area contributed by atoms with Gasteiger partial charge in [0.05, 0.1) is 16.8 Å². The fourth-order valence-electron chi connectivity index (χ4n) is 2.92. The summed E-state index contributed by atoms with van der Waals surface area (Å²) in [5.41, 5.74) is 2.39. The number of amides is 2. The molecule has 0 radical (unpaired) electrons. The molecule has 0 saturated carbocycles. The maximum absolute atomic E-state index is 14.6. The highest BCUT2D eigenvalue weighted by Gasteiger charge is 2.18. The van der Waals surface area contributed by atoms with Crippen LogP contribution in [-0.2, 0) is 0 Å². The first-order valence-corrected chi connectivity index (χ1v) is 9.60. The summed E-state index contributed by atoms with van der Waals surface area (Å²) in [6.45, 7) is 1.95. The third kappa shape index (κ3) is 5.14. The normalized spacial score (nSPS) is 10.3. The van der Waals surface area contributed by atoms with E-state index in [1.54, 1.807) is 50.5 Å². The highest BCUT2D eigenvalue weighted by atomic mass is 19.1. The SMILES string of the molecule is Cc1ccc(NC(=O)c2ccccc2NC(=O)c2ccc(C(=N)N(C)C)cc2F)cc1. The monoisotopic (exact) mass is 418 g/mol. The van der Waals surface area contributed by atoms with Crippen LogP contribution in [0.4, 0.5) is 15.8 Å². The summed E-state index contributed by atoms with van der Waals surface area (Å²) in [6, 6.07) is 17.8. The van der Waals surface area contributed by atoms with Crippen molar-refractivity contribution in [2.24, 2.45) is 0 Å². The van der Waals surface area contributed by atoms with E-state index in [1.807, 2.05) is 19.1 Å². The zero-order valence-electron chi connectivity index (χ0n) is 17.5. The Hall–Kier alpha value is -4.00. The van der Waals surface area contributed by atoms with Gasteiger partial charge in [-0.25, -0.2) is 4.39 Å². The van der Waals surface area contributed by atoms with Crippen LogP contribution in [0, 0.1) is 18.2 Å². The second-order valence-corrected chi connectivity index (χ2v) is 7.26. The van der Waals surface area contributed by atoms with Crippen molar-refractivity contribution >= 4 is 29.0 Å². The Morgan fingerprint density at radius 3 is 2.16 bits per heavy atom. The van der Waals surface area contributed by atoms with Crippen LogP contribution in [0.3, 0.4) is 0 Å². The number of carbonyl (C=O) groups is 2. The molecule has 0 fully saturated rings. The molecule has 0 spiro atoms. The van der Waals surface area contributed by atoms with Crippen LogP contribution in [0.5, 0.6) is 0 Å². The molecule has 0 heterocycles. The molecule has 7 heteroatoms. The molecule has 2 amide bonds. The zero-order chi connectivity index (χ0) is 22.5. The lowest BCUT2D eigenvalue weighted by molar-refractivity contribution is 0.102. The van der Waals surface area contributed by atoms with E-state index in [0.717, 1.165) is 11.6 Å². The van der Waals surface area contributed by atoms with Crippen LogP contribution in [0.15, 0.2) is 66.7 Å². The van der Waals surface area contributed by atoms with E-state index < -0.39 is 17.6 Å². The van der Waals surface area contributed by atoms with E-state index in [1.165, 1.54) is 17.0 Å². The van der Waals surface area contributed by atoms with Gasteiger partial charge >= 0.3 is 0 Å². The van der Waals surface area contributed by atoms with Crippen molar-refractivity contribution in [2.45, 2.75) is 6.92 Å². The Morgan fingerprint density at radius 1 is 0.871 bits per heavy atom. The third-order valence-electron chi connectivity index (χ3n) is 4.66. The summed E-state index contributed by atoms with van der Waals surface area (Å²) >= 11 is 0. The van der Waals surface area contributed by atoms with Gasteiger partial charge < -0.3 is 15.5 Å². The number of para-hydroxylation sites is 1. The van der Waals surface area contributed by atoms with Gasteiger partial charge in [-0.05, 0) is 43.3 Å². The number of rotatable bonds is 5. The summed E-state index contributed by atoms with van der Waals surface area (Å²) in [6.07, 6.45) is 0. The number of hydrogen-bond donors (Lipinski definition) is 3. The van der Waals surface area contributed by atoms with E-state index in [4.69, 9.17) is 5.41 Å². The molecule has 0 aromatic heterocycles. The topological polar surface area (TPSA) is 85.3 Å². The molecule has 3 N–H and O–H groups in total. The Balaban J connectivity index is 1.80. The molecule has 0 bridgehead atoms. The van der Waals surface area contributed by atoms with Gasteiger partial charge in [0, 0.05) is 25.3 Å². The van der Waals surface area contributed by atoms with E-state index in [9.17, 15) is 14.0 Å². The number of benzene rings is 3. The molecule has 158 valence electrons. The maximum atomic E-state index is 14.6. The summed E-state index contributed by atoms with van der Waals surface area (Å²) in [5, 5.41) is 13.3. The predicted octanol–water partition coefficient (Wildman–Crippen LogP) is 4.53. The summed E-state index contributed by atoms with van der Waals surface area (Å²) in [4.78, 5) is 26.9. The van der Waals surface area contributed by atoms with Crippen molar-refractivity contribution in [1.82, 2.24) is 4.90 Å². The minimum absolute atomic E-state index is 0.129. The van der Waals surface area contributed by atoms with Crippen molar-refractivity contribution in [1.29, 1.82) is 5.41 Å². The minimum Gasteiger partial charge on any atom is -0.363 e. The summed E-state index contributed by atoms with van der Waals surface area (Å²) in [7, 11) is 3.36. The van der Waals surface area contributed by atoms with Gasteiger partial charge in [-0.15, -0.1) is 0 Å². The number of nitrogens with zero attached hydrogens (tertiary/aromatic N) is 1. The summed E-state index contributed by atoms with van der Waals surface area (Å²) in [5.74, 6) is -1.70. The lowest BCUT2D eigenvalue weighted by Gasteiger charge is -2.15. The molecule has 0 atom stereocenters. The van der Waals surface area contributed by atoms with Gasteiger partial charge in [-0.3, -0.25) is 15.0 Å². The Labute approximate surface area is 180 Å². The summed E-state index contributed by atoms with van der Waals surface area (Å²) < 4.78 is 14.6. The predicted molar refractivity (Wildman–Crippen MR) is 120 cm³/mol. The zero-order valence-corrected chi connectivity index (χ0v) is 17.5. The number of halogens is 1. The fraction of sp³-hybridized carbons (Fsp3) is 0.125. The van der Waals surface area contributed by atoms with Crippen molar-refractivity contribution in [3.05, 3.63) is 94.8 Å². The van der Waals surface area contributed by atoms with Crippen LogP contribution in [-0.4, -0.2) is 36.6 Å². The van der Waals surface area contributed by atoms with Gasteiger partial charge in [0.25, 0.3) is 11.8 Å². The molecule has 0 aliphatic carbocycles. The number of hydrogen-bond acceptors (Lipinski definition) is 3. The van der Waals surface area contributed by atoms with Crippen molar-refractivity contribution in [3.63, 3.8) is 0 Å². The smallest absolute Gasteiger partial charge is 0.258 e. The van der Waals surface area contributed by atoms with Crippen molar-refractivity contribution < 1.29 is 14.0 Å². The van der Waals surface area contributed by atoms with E-state index >= 15 is 0 Å². The van der Waals surface area contributed by atoms with Crippen molar-refractivity contribution in [3.8, 4) is 0 Å². The first kappa shape index (κ1) is 21.7. The molecule has 0 unspecified atom stereocenters. The number of nitrogens with one attached hydrogen (secondary N) is 3. The van der Waals surface area contributed by atoms with E-state index in [-0.39, 0.29) is 22.6 Å². The largest absolute Gasteiger partial charge is 0.363 e. The molecule has 3 aromatic carbocycles. The number of carbonyl (C=O) groups excluding carboxylic acids is 2. The molecular formula is C24H23FN4O2. The Kier molecular flexibility index (Phi) is 6.45. The average Bonchev–Trinajstić information content (AvgIpc) is 2.74. The van der Waals surface area contributed by atoms with Crippen LogP contribution < -0.4 is 10.6 Å². The number of anilines is 2. The highest BCUT2D eigenvalue weighted by Crippen LogP contribution is 2.20. The number of aryl methyl sites for hydroxylation is 1. The first-order chi connectivity index (χ1) is 14.8. The van der Waals surface area contributed by atoms with Crippen LogP contribution in [0.2, 0.25) is 0 Å². The molecule has 0 aliphatic rings. The van der Waals surface area contributed by atoms with Crippen LogP contribution in [0.25, 0.3) is 0 Å². The third-order valence-corrected chi connectivity index (χ3v) is 4.66. The Morgan fingerprint density at radius 2 is 1.52 bits per heavy atom. The second kappa shape index (κ2) is 9.21. The molecule has 3 aromatic rings. The lowest BCUT2D eigenvalue weighted by atomic mass is 10.1. The quantitative estimate of drug-likeness (QED) is 0.420. The molecule has 0 aliphatic heterocycles. The van der Waals surface area contributed by atoms with Gasteiger partial charge in [0.2, 0.25) is 0 Å². The van der Waals surface area contributed by atoms with Crippen LogP contribution >= 0.6 is 0 Å². The second-order valence-electron chi connectivity index (χ2n) is 7.26. The van der Waals surface area contributed by atoms with E-state index in [2.05, 4.69) is 10.6 Å². The van der Waals surface area contributed by atoms with E-state index in [0.29, 0.717) is 11.3 Å². The molecule has 0 saturated heterocycles. The Bertz CT molecular complexity index is 1140. The number of amidine groups is 1. The fourth-order valence-corrected chi connectivity index (χ4v) is 2.92. The molecule has 31 heavy (non-hydrogen) atoms. The molecule has 6 nitrogen and oxygen atoms in total. The van der Waals surface area contributed by atoms with Gasteiger partial charge in [-0.1, -0.05) is 35.9 Å². The highest BCUT2D eigenvalue weighted by molar-refractivity contribution is 6.12. The minimum atomic E-state index is -0.747. The standard InChI is InChI=1S/C24H23FN4O2/c1-15-8-11-17(12-9-15)27-24(31)19-6-4-5-7-21(19)28-23(30)18-13-10-16(14-20(18)25)22(26)29(2)3/h4-14,26H,1-3H3,(H,27,31)(H,28,30). The van der Waals surface area contributed by atoms with Gasteiger partial charge in [-0.2, -0.15) is 0 Å². The molecule has 3 rings (SSSR count).